The molecule has 4 heteroatoms. The number of hydrogen-bond acceptors (Lipinski definition) is 4. The zero-order valence-electron chi connectivity index (χ0n) is 4.53. The molecule has 0 aromatic rings. The summed E-state index contributed by atoms with van der Waals surface area (Å²) in [5.41, 5.74) is 0. The lowest BCUT2D eigenvalue weighted by atomic mass is 10.5. The molecular weight excluding hydrogens is 122 g/mol. The molecule has 0 aliphatic carbocycles. The molecule has 0 fully saturated rings. The number of carbonyl (C=O) groups is 2. The van der Waals surface area contributed by atoms with Gasteiger partial charge in [-0.2, -0.15) is 0 Å². The minimum absolute atomic E-state index is 0.122. The molecule has 0 spiro atoms. The van der Waals surface area contributed by atoms with Crippen molar-refractivity contribution in [2.24, 2.45) is 0 Å². The van der Waals surface area contributed by atoms with Gasteiger partial charge in [0.05, 0.1) is 0 Å². The lowest BCUT2D eigenvalue weighted by Crippen LogP contribution is -1.95. The predicted molar refractivity (Wildman–Crippen MR) is 30.1 cm³/mol. The fourth-order valence-electron chi connectivity index (χ4n) is 0.218. The molecule has 0 aromatic carbocycles. The lowest BCUT2D eigenvalue weighted by Gasteiger charge is -1.87. The summed E-state index contributed by atoms with van der Waals surface area (Å²) < 4.78 is 4.00. The predicted octanol–water partition coefficient (Wildman–Crippen LogP) is -0.108. The third-order valence-electron chi connectivity index (χ3n) is 0.501. The van der Waals surface area contributed by atoms with Gasteiger partial charge in [0.15, 0.2) is 0 Å². The van der Waals surface area contributed by atoms with Gasteiger partial charge in [-0.1, -0.05) is 0 Å². The Bertz CT molecular complexity index is 150. The molecule has 0 unspecified atom stereocenters. The highest BCUT2D eigenvalue weighted by molar-refractivity contribution is 5.91. The average Bonchev–Trinajstić information content (AvgIpc) is 1.85. The number of nitrogens with one attached hydrogen (secondary N) is 1. The van der Waals surface area contributed by atoms with Crippen LogP contribution in [0.25, 0.3) is 0 Å². The fourth-order valence-corrected chi connectivity index (χ4v) is 0.218. The van der Waals surface area contributed by atoms with Gasteiger partial charge in [0.1, 0.15) is 6.29 Å². The molecule has 0 saturated carbocycles. The molecule has 0 aromatic heterocycles. The number of aldehydes is 1. The van der Waals surface area contributed by atoms with Gasteiger partial charge in [-0.05, 0) is 6.08 Å². The maximum absolute atomic E-state index is 9.59. The van der Waals surface area contributed by atoms with Crippen molar-refractivity contribution < 1.29 is 14.3 Å². The van der Waals surface area contributed by atoms with E-state index in [1.807, 2.05) is 0 Å². The second-order valence-electron chi connectivity index (χ2n) is 1.07. The van der Waals surface area contributed by atoms with E-state index in [1.54, 1.807) is 0 Å². The molecule has 0 heterocycles. The van der Waals surface area contributed by atoms with E-state index in [0.717, 1.165) is 12.2 Å². The van der Waals surface area contributed by atoms with Crippen LogP contribution in [0.15, 0.2) is 12.2 Å². The van der Waals surface area contributed by atoms with Crippen molar-refractivity contribution in [1.82, 2.24) is 0 Å². The molecule has 0 rings (SSSR count). The fraction of sp³-hybridized carbons (Fsp3) is 0. The van der Waals surface area contributed by atoms with Crippen molar-refractivity contribution in [3.05, 3.63) is 12.2 Å². The summed E-state index contributed by atoms with van der Waals surface area (Å²) in [7, 11) is 0. The Kier molecular flexibility index (Phi) is 3.95. The van der Waals surface area contributed by atoms with Crippen LogP contribution >= 0.6 is 0 Å². The Hall–Kier alpha value is -1.45. The summed E-state index contributed by atoms with van der Waals surface area (Å²) in [6, 6.07) is 0. The zero-order valence-corrected chi connectivity index (χ0v) is 4.53. The summed E-state index contributed by atoms with van der Waals surface area (Å²) in [6.45, 7) is 0.122. The maximum atomic E-state index is 9.59. The molecule has 9 heavy (non-hydrogen) atoms. The number of ether oxygens (including phenoxy) is 1. The van der Waals surface area contributed by atoms with Gasteiger partial charge in [-0.15, -0.1) is 0 Å². The van der Waals surface area contributed by atoms with Crippen LogP contribution in [0.4, 0.5) is 0 Å². The number of allylic oxidation sites excluding steroid dienone is 1. The summed E-state index contributed by atoms with van der Waals surface area (Å²) >= 11 is 0. The molecule has 0 radical (unpaired) electrons. The molecule has 0 atom stereocenters. The van der Waals surface area contributed by atoms with Crippen LogP contribution in [0.1, 0.15) is 0 Å². The van der Waals surface area contributed by atoms with Crippen LogP contribution < -0.4 is 0 Å². The van der Waals surface area contributed by atoms with E-state index in [-0.39, 0.29) is 12.4 Å². The number of rotatable bonds is 3. The molecule has 48 valence electrons. The van der Waals surface area contributed by atoms with E-state index in [2.05, 4.69) is 4.74 Å². The summed E-state index contributed by atoms with van der Waals surface area (Å²) in [5.74, 6) is -0.350. The van der Waals surface area contributed by atoms with E-state index < -0.39 is 0 Å². The largest absolute Gasteiger partial charge is 0.410 e. The zero-order chi connectivity index (χ0) is 7.11. The molecule has 0 aliphatic rings. The van der Waals surface area contributed by atoms with Crippen molar-refractivity contribution in [3.63, 3.8) is 0 Å². The van der Waals surface area contributed by atoms with E-state index >= 15 is 0 Å². The Morgan fingerprint density at radius 1 is 1.44 bits per heavy atom. The lowest BCUT2D eigenvalue weighted by molar-refractivity contribution is -0.121. The van der Waals surface area contributed by atoms with Crippen LogP contribution in [-0.2, 0) is 14.3 Å². The number of carbonyl (C=O) groups excluding carboxylic acids is 2. The first-order valence-electron chi connectivity index (χ1n) is 2.12. The van der Waals surface area contributed by atoms with Gasteiger partial charge < -0.3 is 4.74 Å². The summed E-state index contributed by atoms with van der Waals surface area (Å²) in [4.78, 5) is 19.1. The van der Waals surface area contributed by atoms with Gasteiger partial charge in [-0.3, -0.25) is 15.0 Å². The molecule has 0 saturated heterocycles. The summed E-state index contributed by atoms with van der Waals surface area (Å²) in [5, 5.41) is 6.69. The smallest absolute Gasteiger partial charge is 0.299 e. The van der Waals surface area contributed by atoms with Crippen molar-refractivity contribution >= 4 is 18.7 Å². The molecule has 0 amide bonds. The monoisotopic (exact) mass is 127 g/mol. The third kappa shape index (κ3) is 4.40. The van der Waals surface area contributed by atoms with Crippen LogP contribution in [0.2, 0.25) is 0 Å². The van der Waals surface area contributed by atoms with Gasteiger partial charge in [-0.25, -0.2) is 0 Å². The normalized spacial score (nSPS) is 8.89. The quantitative estimate of drug-likeness (QED) is 0.249. The SMILES string of the molecule is N=C(/C=C\C=O)OC=O. The van der Waals surface area contributed by atoms with E-state index in [0.29, 0.717) is 6.29 Å². The van der Waals surface area contributed by atoms with Crippen molar-refractivity contribution in [2.75, 3.05) is 0 Å². The van der Waals surface area contributed by atoms with Crippen molar-refractivity contribution in [2.45, 2.75) is 0 Å². The van der Waals surface area contributed by atoms with E-state index in [4.69, 9.17) is 5.41 Å². The highest BCUT2D eigenvalue weighted by Crippen LogP contribution is 1.75. The van der Waals surface area contributed by atoms with Crippen molar-refractivity contribution in [3.8, 4) is 0 Å². The van der Waals surface area contributed by atoms with Crippen LogP contribution in [0, 0.1) is 5.41 Å². The van der Waals surface area contributed by atoms with Crippen LogP contribution in [-0.4, -0.2) is 18.7 Å². The van der Waals surface area contributed by atoms with E-state index in [9.17, 15) is 9.59 Å². The first kappa shape index (κ1) is 7.55. The van der Waals surface area contributed by atoms with Gasteiger partial charge in [0.2, 0.25) is 5.90 Å². The van der Waals surface area contributed by atoms with Gasteiger partial charge in [0.25, 0.3) is 6.47 Å². The first-order valence-corrected chi connectivity index (χ1v) is 2.12. The van der Waals surface area contributed by atoms with E-state index in [1.165, 1.54) is 0 Å². The molecular formula is C5H5NO3. The average molecular weight is 127 g/mol. The first-order chi connectivity index (χ1) is 4.31. The maximum Gasteiger partial charge on any atom is 0.299 e. The topological polar surface area (TPSA) is 67.2 Å². The highest BCUT2D eigenvalue weighted by atomic mass is 16.5. The molecule has 0 bridgehead atoms. The molecule has 0 aliphatic heterocycles. The van der Waals surface area contributed by atoms with Gasteiger partial charge >= 0.3 is 0 Å². The standard InChI is InChI=1S/C5H5NO3/c6-5(9-4-8)2-1-3-7/h1-4,6H/b2-1-,6-5?. The van der Waals surface area contributed by atoms with Crippen LogP contribution in [0.5, 0.6) is 0 Å². The summed E-state index contributed by atoms with van der Waals surface area (Å²) in [6.07, 6.45) is 2.62. The van der Waals surface area contributed by atoms with Gasteiger partial charge in [0, 0.05) is 6.08 Å². The number of hydrogen-bond donors (Lipinski definition) is 1. The Balaban J connectivity index is 3.61. The second kappa shape index (κ2) is 4.70. The Labute approximate surface area is 51.6 Å². The minimum atomic E-state index is -0.350. The molecule has 4 nitrogen and oxygen atoms in total. The molecule has 1 N–H and O–H groups in total. The van der Waals surface area contributed by atoms with Crippen molar-refractivity contribution in [1.29, 1.82) is 5.41 Å². The third-order valence-corrected chi connectivity index (χ3v) is 0.501. The Morgan fingerprint density at radius 2 is 2.11 bits per heavy atom. The highest BCUT2D eigenvalue weighted by Gasteiger charge is 1.84. The van der Waals surface area contributed by atoms with Crippen LogP contribution in [0.3, 0.4) is 0 Å². The minimum Gasteiger partial charge on any atom is -0.410 e. The Morgan fingerprint density at radius 3 is 2.56 bits per heavy atom. The second-order valence-corrected chi connectivity index (χ2v) is 1.07.